The van der Waals surface area contributed by atoms with Crippen LogP contribution in [0.5, 0.6) is 5.75 Å². The van der Waals surface area contributed by atoms with Crippen LogP contribution < -0.4 is 4.74 Å². The number of esters is 1. The molecule has 2 rings (SSSR count). The van der Waals surface area contributed by atoms with Gasteiger partial charge in [0.25, 0.3) is 0 Å². The molecular weight excluding hydrogens is 268 g/mol. The van der Waals surface area contributed by atoms with Crippen molar-refractivity contribution in [2.75, 3.05) is 13.7 Å². The number of carbonyl (C=O) groups is 2. The van der Waals surface area contributed by atoms with Crippen molar-refractivity contribution in [3.63, 3.8) is 0 Å². The van der Waals surface area contributed by atoms with E-state index < -0.39 is 0 Å². The fourth-order valence-electron chi connectivity index (χ4n) is 2.11. The number of carbonyl (C=O) groups excluding carboxylic acids is 2. The van der Waals surface area contributed by atoms with Crippen LogP contribution in [0.3, 0.4) is 0 Å². The molecule has 0 saturated carbocycles. The van der Waals surface area contributed by atoms with Crippen molar-refractivity contribution in [3.05, 3.63) is 47.5 Å². The number of benzene rings is 2. The van der Waals surface area contributed by atoms with Crippen molar-refractivity contribution >= 4 is 29.1 Å². The Morgan fingerprint density at radius 2 is 2.05 bits per heavy atom. The number of fused-ring (bicyclic) bond motifs is 1. The number of hydrogen-bond acceptors (Lipinski definition) is 4. The second-order valence-electron chi connectivity index (χ2n) is 4.37. The summed E-state index contributed by atoms with van der Waals surface area (Å²) in [5.74, 6) is 0.174. The second-order valence-corrected chi connectivity index (χ2v) is 4.37. The van der Waals surface area contributed by atoms with E-state index in [2.05, 4.69) is 0 Å². The molecule has 0 aromatic heterocycles. The maximum atomic E-state index is 11.3. The predicted molar refractivity (Wildman–Crippen MR) is 81.6 cm³/mol. The highest BCUT2D eigenvalue weighted by Crippen LogP contribution is 2.27. The molecule has 108 valence electrons. The molecule has 0 aliphatic carbocycles. The van der Waals surface area contributed by atoms with Crippen molar-refractivity contribution in [3.8, 4) is 5.75 Å². The van der Waals surface area contributed by atoms with Crippen LogP contribution >= 0.6 is 0 Å². The van der Waals surface area contributed by atoms with Crippen LogP contribution in [0.2, 0.25) is 0 Å². The first-order chi connectivity index (χ1) is 10.2. The maximum absolute atomic E-state index is 11.3. The zero-order chi connectivity index (χ0) is 15.2. The highest BCUT2D eigenvalue weighted by atomic mass is 16.5. The van der Waals surface area contributed by atoms with Gasteiger partial charge in [-0.25, -0.2) is 4.79 Å². The van der Waals surface area contributed by atoms with E-state index in [1.807, 2.05) is 24.3 Å². The van der Waals surface area contributed by atoms with Crippen LogP contribution in [0.25, 0.3) is 16.8 Å². The van der Waals surface area contributed by atoms with Crippen LogP contribution in [-0.4, -0.2) is 26.0 Å². The zero-order valence-electron chi connectivity index (χ0n) is 12.0. The Balaban J connectivity index is 2.39. The van der Waals surface area contributed by atoms with Gasteiger partial charge in [-0.1, -0.05) is 18.2 Å². The van der Waals surface area contributed by atoms with Crippen LogP contribution in [0, 0.1) is 0 Å². The van der Waals surface area contributed by atoms with Gasteiger partial charge in [0.1, 0.15) is 5.75 Å². The minimum absolute atomic E-state index is 0.351. The lowest BCUT2D eigenvalue weighted by atomic mass is 10.0. The van der Waals surface area contributed by atoms with Crippen molar-refractivity contribution in [1.82, 2.24) is 0 Å². The third kappa shape index (κ3) is 3.28. The first-order valence-corrected chi connectivity index (χ1v) is 6.60. The standard InChI is InChI=1S/C17H16O4/c1-3-21-17(19)9-5-12-4-7-14-13(10-12)6-8-16(20-2)15(14)11-18/h4-11H,3H2,1-2H3/b9-5+. The number of hydrogen-bond donors (Lipinski definition) is 0. The summed E-state index contributed by atoms with van der Waals surface area (Å²) < 4.78 is 10.0. The van der Waals surface area contributed by atoms with E-state index in [-0.39, 0.29) is 5.97 Å². The molecule has 0 aliphatic rings. The Bertz CT molecular complexity index is 701. The monoisotopic (exact) mass is 284 g/mol. The number of aldehydes is 1. The molecule has 2 aromatic carbocycles. The van der Waals surface area contributed by atoms with E-state index >= 15 is 0 Å². The summed E-state index contributed by atoms with van der Waals surface area (Å²) in [7, 11) is 1.53. The normalized spacial score (nSPS) is 10.8. The number of methoxy groups -OCH3 is 1. The summed E-state index contributed by atoms with van der Waals surface area (Å²) in [5.41, 5.74) is 1.38. The van der Waals surface area contributed by atoms with E-state index in [9.17, 15) is 9.59 Å². The molecule has 0 atom stereocenters. The average Bonchev–Trinajstić information content (AvgIpc) is 2.51. The highest BCUT2D eigenvalue weighted by Gasteiger charge is 2.07. The van der Waals surface area contributed by atoms with E-state index in [0.717, 1.165) is 22.6 Å². The molecule has 0 amide bonds. The Morgan fingerprint density at radius 3 is 2.71 bits per heavy atom. The summed E-state index contributed by atoms with van der Waals surface area (Å²) in [6.07, 6.45) is 3.85. The van der Waals surface area contributed by atoms with Crippen molar-refractivity contribution < 1.29 is 19.1 Å². The van der Waals surface area contributed by atoms with Crippen molar-refractivity contribution in [2.45, 2.75) is 6.92 Å². The SMILES string of the molecule is CCOC(=O)/C=C/c1ccc2c(C=O)c(OC)ccc2c1. The third-order valence-corrected chi connectivity index (χ3v) is 3.08. The van der Waals surface area contributed by atoms with E-state index in [0.29, 0.717) is 17.9 Å². The zero-order valence-corrected chi connectivity index (χ0v) is 12.0. The summed E-state index contributed by atoms with van der Waals surface area (Å²) in [6.45, 7) is 2.11. The lowest BCUT2D eigenvalue weighted by molar-refractivity contribution is -0.137. The number of ether oxygens (including phenoxy) is 2. The van der Waals surface area contributed by atoms with Gasteiger partial charge in [0, 0.05) is 6.08 Å². The fourth-order valence-corrected chi connectivity index (χ4v) is 2.11. The molecule has 0 aliphatic heterocycles. The molecule has 0 saturated heterocycles. The Hall–Kier alpha value is -2.62. The molecule has 0 unspecified atom stereocenters. The van der Waals surface area contributed by atoms with E-state index in [1.165, 1.54) is 13.2 Å². The molecule has 0 N–H and O–H groups in total. The molecule has 4 nitrogen and oxygen atoms in total. The largest absolute Gasteiger partial charge is 0.496 e. The van der Waals surface area contributed by atoms with Crippen LogP contribution in [0.1, 0.15) is 22.8 Å². The van der Waals surface area contributed by atoms with Gasteiger partial charge >= 0.3 is 5.97 Å². The maximum Gasteiger partial charge on any atom is 0.330 e. The van der Waals surface area contributed by atoms with Gasteiger partial charge in [-0.15, -0.1) is 0 Å². The topological polar surface area (TPSA) is 52.6 Å². The molecular formula is C17H16O4. The molecule has 0 fully saturated rings. The lowest BCUT2D eigenvalue weighted by Crippen LogP contribution is -1.98. The van der Waals surface area contributed by atoms with Gasteiger partial charge in [-0.05, 0) is 41.5 Å². The van der Waals surface area contributed by atoms with Gasteiger partial charge < -0.3 is 9.47 Å². The minimum Gasteiger partial charge on any atom is -0.496 e. The Kier molecular flexibility index (Phi) is 4.72. The number of rotatable bonds is 5. The average molecular weight is 284 g/mol. The molecule has 0 spiro atoms. The third-order valence-electron chi connectivity index (χ3n) is 3.08. The van der Waals surface area contributed by atoms with Crippen molar-refractivity contribution in [1.29, 1.82) is 0 Å². The van der Waals surface area contributed by atoms with E-state index in [4.69, 9.17) is 9.47 Å². The molecule has 0 heterocycles. The molecule has 0 radical (unpaired) electrons. The van der Waals surface area contributed by atoms with Gasteiger partial charge in [-0.3, -0.25) is 4.79 Å². The summed E-state index contributed by atoms with van der Waals surface area (Å²) in [4.78, 5) is 22.5. The quantitative estimate of drug-likeness (QED) is 0.480. The van der Waals surface area contributed by atoms with Crippen molar-refractivity contribution in [2.24, 2.45) is 0 Å². The van der Waals surface area contributed by atoms with Gasteiger partial charge in [0.05, 0.1) is 19.3 Å². The van der Waals surface area contributed by atoms with Crippen LogP contribution in [-0.2, 0) is 9.53 Å². The summed E-state index contributed by atoms with van der Waals surface area (Å²) in [5, 5.41) is 1.72. The van der Waals surface area contributed by atoms with Crippen LogP contribution in [0.4, 0.5) is 0 Å². The summed E-state index contributed by atoms with van der Waals surface area (Å²) in [6, 6.07) is 9.21. The van der Waals surface area contributed by atoms with E-state index in [1.54, 1.807) is 19.1 Å². The molecule has 4 heteroatoms. The first-order valence-electron chi connectivity index (χ1n) is 6.60. The Labute approximate surface area is 123 Å². The second kappa shape index (κ2) is 6.70. The molecule has 21 heavy (non-hydrogen) atoms. The van der Waals surface area contributed by atoms with Gasteiger partial charge in [0.15, 0.2) is 6.29 Å². The van der Waals surface area contributed by atoms with Crippen LogP contribution in [0.15, 0.2) is 36.4 Å². The first kappa shape index (κ1) is 14.8. The lowest BCUT2D eigenvalue weighted by Gasteiger charge is -2.07. The Morgan fingerprint density at radius 1 is 1.24 bits per heavy atom. The molecule has 0 bridgehead atoms. The fraction of sp³-hybridized carbons (Fsp3) is 0.176. The minimum atomic E-state index is -0.374. The predicted octanol–water partition coefficient (Wildman–Crippen LogP) is 3.24. The highest BCUT2D eigenvalue weighted by molar-refractivity contribution is 6.01. The molecule has 2 aromatic rings. The smallest absolute Gasteiger partial charge is 0.330 e. The summed E-state index contributed by atoms with van der Waals surface area (Å²) >= 11 is 0. The van der Waals surface area contributed by atoms with Gasteiger partial charge in [-0.2, -0.15) is 0 Å². The van der Waals surface area contributed by atoms with Gasteiger partial charge in [0.2, 0.25) is 0 Å².